The zero-order chi connectivity index (χ0) is 20.7. The van der Waals surface area contributed by atoms with Crippen molar-refractivity contribution in [1.29, 1.82) is 0 Å². The smallest absolute Gasteiger partial charge is 0.323 e. The van der Waals surface area contributed by atoms with Gasteiger partial charge in [0, 0.05) is 6.04 Å². The summed E-state index contributed by atoms with van der Waals surface area (Å²) in [5.74, 6) is 0.471. The highest BCUT2D eigenvalue weighted by Gasteiger charge is 2.43. The summed E-state index contributed by atoms with van der Waals surface area (Å²) < 4.78 is 38.4. The van der Waals surface area contributed by atoms with Crippen molar-refractivity contribution in [2.45, 2.75) is 82.4 Å². The van der Waals surface area contributed by atoms with Crippen molar-refractivity contribution < 1.29 is 22.5 Å². The van der Waals surface area contributed by atoms with Crippen LogP contribution < -0.4 is 5.32 Å². The molecule has 3 rings (SSSR count). The highest BCUT2D eigenvalue weighted by Crippen LogP contribution is 2.45. The van der Waals surface area contributed by atoms with Gasteiger partial charge in [0.2, 0.25) is 0 Å². The lowest BCUT2D eigenvalue weighted by Crippen LogP contribution is -2.52. The summed E-state index contributed by atoms with van der Waals surface area (Å²) in [7, 11) is -4.28. The van der Waals surface area contributed by atoms with Gasteiger partial charge in [-0.15, -0.1) is 0 Å². The second-order valence-electron chi connectivity index (χ2n) is 9.17. The Morgan fingerprint density at radius 1 is 1.21 bits per heavy atom. The molecule has 156 valence electrons. The van der Waals surface area contributed by atoms with E-state index in [0.717, 1.165) is 43.2 Å². The SMILES string of the molecule is Cc1ccc(S(=O)(=O)O)cc1C1NC(C(=O)OC(C)(C)C)CC2CCCCC21. The van der Waals surface area contributed by atoms with Gasteiger partial charge in [-0.3, -0.25) is 14.7 Å². The minimum atomic E-state index is -4.28. The number of fused-ring (bicyclic) bond motifs is 1. The molecular formula is C21H31NO5S. The fourth-order valence-corrected chi connectivity index (χ4v) is 5.17. The number of hydrogen-bond acceptors (Lipinski definition) is 5. The predicted octanol–water partition coefficient (Wildman–Crippen LogP) is 3.79. The number of benzene rings is 1. The Labute approximate surface area is 167 Å². The van der Waals surface area contributed by atoms with Crippen LogP contribution in [0.2, 0.25) is 0 Å². The molecule has 1 saturated carbocycles. The summed E-state index contributed by atoms with van der Waals surface area (Å²) in [5.41, 5.74) is 1.22. The molecule has 4 atom stereocenters. The molecule has 0 spiro atoms. The summed E-state index contributed by atoms with van der Waals surface area (Å²) >= 11 is 0. The number of aryl methyl sites for hydroxylation is 1. The van der Waals surface area contributed by atoms with Gasteiger partial charge in [0.05, 0.1) is 4.90 Å². The highest BCUT2D eigenvalue weighted by molar-refractivity contribution is 7.85. The molecule has 0 aromatic heterocycles. The van der Waals surface area contributed by atoms with Crippen molar-refractivity contribution in [3.05, 3.63) is 29.3 Å². The van der Waals surface area contributed by atoms with Crippen LogP contribution in [-0.2, 0) is 19.6 Å². The van der Waals surface area contributed by atoms with Crippen LogP contribution in [0.15, 0.2) is 23.1 Å². The minimum absolute atomic E-state index is 0.110. The van der Waals surface area contributed by atoms with Gasteiger partial charge in [-0.1, -0.05) is 25.3 Å². The van der Waals surface area contributed by atoms with Gasteiger partial charge in [-0.25, -0.2) is 0 Å². The van der Waals surface area contributed by atoms with E-state index >= 15 is 0 Å². The van der Waals surface area contributed by atoms with Crippen LogP contribution in [0.4, 0.5) is 0 Å². The Balaban J connectivity index is 1.96. The molecular weight excluding hydrogens is 378 g/mol. The first-order chi connectivity index (χ1) is 13.0. The lowest BCUT2D eigenvalue weighted by Gasteiger charge is -2.45. The molecule has 1 aliphatic carbocycles. The summed E-state index contributed by atoms with van der Waals surface area (Å²) in [6.45, 7) is 7.50. The van der Waals surface area contributed by atoms with E-state index in [9.17, 15) is 17.8 Å². The zero-order valence-corrected chi connectivity index (χ0v) is 17.9. The van der Waals surface area contributed by atoms with Crippen molar-refractivity contribution in [2.75, 3.05) is 0 Å². The molecule has 1 aromatic carbocycles. The largest absolute Gasteiger partial charge is 0.459 e. The summed E-state index contributed by atoms with van der Waals surface area (Å²) in [6, 6.07) is 4.12. The quantitative estimate of drug-likeness (QED) is 0.583. The number of ether oxygens (including phenoxy) is 1. The molecule has 0 amide bonds. The van der Waals surface area contributed by atoms with Gasteiger partial charge in [0.15, 0.2) is 0 Å². The molecule has 1 aliphatic heterocycles. The molecule has 1 aromatic rings. The first-order valence-electron chi connectivity index (χ1n) is 10.0. The third-order valence-corrected chi connectivity index (χ3v) is 6.74. The minimum Gasteiger partial charge on any atom is -0.459 e. The van der Waals surface area contributed by atoms with Gasteiger partial charge in [-0.05, 0) is 75.6 Å². The molecule has 4 unspecified atom stereocenters. The number of hydrogen-bond donors (Lipinski definition) is 2. The van der Waals surface area contributed by atoms with Crippen LogP contribution in [0.1, 0.15) is 70.0 Å². The zero-order valence-electron chi connectivity index (χ0n) is 17.1. The average molecular weight is 410 g/mol. The van der Waals surface area contributed by atoms with E-state index < -0.39 is 21.8 Å². The molecule has 0 bridgehead atoms. The van der Waals surface area contributed by atoms with Crippen LogP contribution in [0.25, 0.3) is 0 Å². The van der Waals surface area contributed by atoms with Gasteiger partial charge in [0.1, 0.15) is 11.6 Å². The van der Waals surface area contributed by atoms with Crippen LogP contribution in [0, 0.1) is 18.8 Å². The van der Waals surface area contributed by atoms with Crippen molar-refractivity contribution in [2.24, 2.45) is 11.8 Å². The van der Waals surface area contributed by atoms with Crippen molar-refractivity contribution in [3.63, 3.8) is 0 Å². The fraction of sp³-hybridized carbons (Fsp3) is 0.667. The van der Waals surface area contributed by atoms with Crippen molar-refractivity contribution in [1.82, 2.24) is 5.32 Å². The van der Waals surface area contributed by atoms with E-state index in [1.54, 1.807) is 12.1 Å². The first-order valence-corrected chi connectivity index (χ1v) is 11.5. The second-order valence-corrected chi connectivity index (χ2v) is 10.6. The number of esters is 1. The molecule has 7 heteroatoms. The fourth-order valence-electron chi connectivity index (χ4n) is 4.65. The molecule has 2 N–H and O–H groups in total. The van der Waals surface area contributed by atoms with Crippen LogP contribution in [-0.4, -0.2) is 30.6 Å². The lowest BCUT2D eigenvalue weighted by molar-refractivity contribution is -0.160. The maximum Gasteiger partial charge on any atom is 0.323 e. The van der Waals surface area contributed by atoms with E-state index in [1.165, 1.54) is 6.07 Å². The van der Waals surface area contributed by atoms with E-state index in [1.807, 2.05) is 27.7 Å². The third kappa shape index (κ3) is 4.75. The summed E-state index contributed by atoms with van der Waals surface area (Å²) in [5, 5.41) is 3.46. The Morgan fingerprint density at radius 3 is 2.54 bits per heavy atom. The first kappa shape index (κ1) is 21.3. The average Bonchev–Trinajstić information content (AvgIpc) is 2.59. The topological polar surface area (TPSA) is 92.7 Å². The maximum atomic E-state index is 12.8. The molecule has 1 heterocycles. The predicted molar refractivity (Wildman–Crippen MR) is 107 cm³/mol. The molecule has 1 saturated heterocycles. The Morgan fingerprint density at radius 2 is 1.89 bits per heavy atom. The number of rotatable bonds is 3. The molecule has 0 radical (unpaired) electrons. The highest BCUT2D eigenvalue weighted by atomic mass is 32.2. The van der Waals surface area contributed by atoms with Crippen LogP contribution in [0.5, 0.6) is 0 Å². The van der Waals surface area contributed by atoms with Gasteiger partial charge < -0.3 is 4.74 Å². The molecule has 6 nitrogen and oxygen atoms in total. The number of piperidine rings is 1. The van der Waals surface area contributed by atoms with Crippen molar-refractivity contribution in [3.8, 4) is 0 Å². The van der Waals surface area contributed by atoms with E-state index in [0.29, 0.717) is 11.8 Å². The Kier molecular flexibility index (Phi) is 5.90. The third-order valence-electron chi connectivity index (χ3n) is 5.89. The van der Waals surface area contributed by atoms with Crippen LogP contribution >= 0.6 is 0 Å². The number of carbonyl (C=O) groups is 1. The normalized spacial score (nSPS) is 28.5. The van der Waals surface area contributed by atoms with Gasteiger partial charge in [-0.2, -0.15) is 8.42 Å². The van der Waals surface area contributed by atoms with Gasteiger partial charge >= 0.3 is 5.97 Å². The Hall–Kier alpha value is -1.44. The molecule has 2 fully saturated rings. The van der Waals surface area contributed by atoms with Crippen molar-refractivity contribution >= 4 is 16.1 Å². The van der Waals surface area contributed by atoms with E-state index in [2.05, 4.69) is 5.32 Å². The Bertz CT molecular complexity index is 843. The molecule has 2 aliphatic rings. The number of nitrogens with one attached hydrogen (secondary N) is 1. The molecule has 28 heavy (non-hydrogen) atoms. The number of carbonyl (C=O) groups excluding carboxylic acids is 1. The van der Waals surface area contributed by atoms with Gasteiger partial charge in [0.25, 0.3) is 10.1 Å². The maximum absolute atomic E-state index is 12.8. The van der Waals surface area contributed by atoms with E-state index in [4.69, 9.17) is 4.74 Å². The standard InChI is InChI=1S/C21H31NO5S/c1-13-9-10-15(28(24,25)26)12-17(13)19-16-8-6-5-7-14(16)11-18(22-19)20(23)27-21(2,3)4/h9-10,12,14,16,18-19,22H,5-8,11H2,1-4H3,(H,24,25,26). The summed E-state index contributed by atoms with van der Waals surface area (Å²) in [6.07, 6.45) is 5.14. The summed E-state index contributed by atoms with van der Waals surface area (Å²) in [4.78, 5) is 12.6. The monoisotopic (exact) mass is 409 g/mol. The van der Waals surface area contributed by atoms with Crippen LogP contribution in [0.3, 0.4) is 0 Å². The lowest BCUT2D eigenvalue weighted by atomic mass is 9.68. The van der Waals surface area contributed by atoms with E-state index in [-0.39, 0.29) is 16.9 Å². The second kappa shape index (κ2) is 7.76.